The molecule has 0 saturated carbocycles. The molecule has 2 aromatic heterocycles. The lowest BCUT2D eigenvalue weighted by Crippen LogP contribution is -2.11. The van der Waals surface area contributed by atoms with Gasteiger partial charge < -0.3 is 10.1 Å². The van der Waals surface area contributed by atoms with E-state index in [-0.39, 0.29) is 6.10 Å². The number of nitrogens with one attached hydrogen (secondary N) is 1. The summed E-state index contributed by atoms with van der Waals surface area (Å²) in [7, 11) is 0. The lowest BCUT2D eigenvalue weighted by atomic mass is 10.4. The summed E-state index contributed by atoms with van der Waals surface area (Å²) in [6.45, 7) is 5.44. The van der Waals surface area contributed by atoms with Gasteiger partial charge in [-0.1, -0.05) is 11.6 Å². The largest absolute Gasteiger partial charge is 0.379 e. The van der Waals surface area contributed by atoms with Gasteiger partial charge in [-0.25, -0.2) is 9.97 Å². The highest BCUT2D eigenvalue weighted by Gasteiger charge is 2.07. The van der Waals surface area contributed by atoms with Crippen molar-refractivity contribution in [1.82, 2.24) is 19.9 Å². The molecule has 0 saturated heterocycles. The Morgan fingerprint density at radius 3 is 2.84 bits per heavy atom. The highest BCUT2D eigenvalue weighted by atomic mass is 35.5. The van der Waals surface area contributed by atoms with Crippen LogP contribution in [-0.4, -0.2) is 39.2 Å². The molecule has 0 aromatic carbocycles. The predicted octanol–water partition coefficient (Wildman–Crippen LogP) is 2.30. The summed E-state index contributed by atoms with van der Waals surface area (Å²) in [5, 5.41) is 3.40. The van der Waals surface area contributed by atoms with Gasteiger partial charge in [0.2, 0.25) is 5.95 Å². The molecule has 2 heterocycles. The van der Waals surface area contributed by atoms with Crippen molar-refractivity contribution in [3.05, 3.63) is 17.5 Å². The van der Waals surface area contributed by atoms with Crippen LogP contribution >= 0.6 is 11.6 Å². The van der Waals surface area contributed by atoms with E-state index in [2.05, 4.69) is 25.3 Å². The highest BCUT2D eigenvalue weighted by Crippen LogP contribution is 2.17. The van der Waals surface area contributed by atoms with Crippen molar-refractivity contribution >= 4 is 28.7 Å². The molecule has 102 valence electrons. The van der Waals surface area contributed by atoms with Crippen LogP contribution in [0.15, 0.2) is 12.4 Å². The molecular formula is C12H16ClN5O. The number of ether oxygens (including phenoxy) is 1. The number of nitrogens with zero attached hydrogens (tertiary/aromatic N) is 4. The molecular weight excluding hydrogens is 266 g/mol. The van der Waals surface area contributed by atoms with Crippen LogP contribution < -0.4 is 5.32 Å². The average Bonchev–Trinajstić information content (AvgIpc) is 2.38. The molecule has 19 heavy (non-hydrogen) atoms. The van der Waals surface area contributed by atoms with Gasteiger partial charge in [0.05, 0.1) is 6.10 Å². The highest BCUT2D eigenvalue weighted by molar-refractivity contribution is 6.33. The third-order valence-electron chi connectivity index (χ3n) is 2.35. The van der Waals surface area contributed by atoms with E-state index in [1.165, 1.54) is 0 Å². The van der Waals surface area contributed by atoms with Gasteiger partial charge in [0.1, 0.15) is 5.52 Å². The minimum absolute atomic E-state index is 0.252. The van der Waals surface area contributed by atoms with Crippen LogP contribution in [0.2, 0.25) is 5.15 Å². The van der Waals surface area contributed by atoms with Crippen LogP contribution in [0.4, 0.5) is 5.95 Å². The first-order valence-corrected chi connectivity index (χ1v) is 6.54. The zero-order chi connectivity index (χ0) is 13.7. The van der Waals surface area contributed by atoms with E-state index in [0.717, 1.165) is 13.0 Å². The van der Waals surface area contributed by atoms with E-state index < -0.39 is 0 Å². The normalized spacial score (nSPS) is 11.2. The number of fused-ring (bicyclic) bond motifs is 1. The fourth-order valence-electron chi connectivity index (χ4n) is 1.50. The van der Waals surface area contributed by atoms with Crippen LogP contribution in [0.25, 0.3) is 11.2 Å². The average molecular weight is 282 g/mol. The van der Waals surface area contributed by atoms with E-state index in [9.17, 15) is 0 Å². The molecule has 0 bridgehead atoms. The molecule has 0 atom stereocenters. The zero-order valence-corrected chi connectivity index (χ0v) is 11.7. The number of hydrogen-bond acceptors (Lipinski definition) is 6. The Morgan fingerprint density at radius 1 is 1.26 bits per heavy atom. The van der Waals surface area contributed by atoms with Gasteiger partial charge in [0.15, 0.2) is 10.8 Å². The van der Waals surface area contributed by atoms with Crippen LogP contribution in [-0.2, 0) is 4.74 Å². The molecule has 2 aromatic rings. The van der Waals surface area contributed by atoms with Crippen LogP contribution in [0.1, 0.15) is 20.3 Å². The number of aromatic nitrogens is 4. The maximum absolute atomic E-state index is 6.03. The molecule has 0 spiro atoms. The molecule has 0 fully saturated rings. The summed E-state index contributed by atoms with van der Waals surface area (Å²) in [6, 6.07) is 0. The van der Waals surface area contributed by atoms with Gasteiger partial charge in [-0.3, -0.25) is 0 Å². The lowest BCUT2D eigenvalue weighted by molar-refractivity contribution is 0.0787. The van der Waals surface area contributed by atoms with Crippen molar-refractivity contribution in [2.75, 3.05) is 18.5 Å². The SMILES string of the molecule is CC(C)OCCCNc1nc(Cl)c2nccnc2n1. The Kier molecular flexibility index (Phi) is 4.81. The second-order valence-corrected chi connectivity index (χ2v) is 4.62. The Morgan fingerprint density at radius 2 is 2.05 bits per heavy atom. The van der Waals surface area contributed by atoms with Gasteiger partial charge in [0, 0.05) is 25.5 Å². The first-order valence-electron chi connectivity index (χ1n) is 6.16. The smallest absolute Gasteiger partial charge is 0.226 e. The fraction of sp³-hybridized carbons (Fsp3) is 0.500. The Bertz CT molecular complexity index is 549. The van der Waals surface area contributed by atoms with Crippen molar-refractivity contribution in [3.63, 3.8) is 0 Å². The van der Waals surface area contributed by atoms with Crippen LogP contribution in [0, 0.1) is 0 Å². The Balaban J connectivity index is 1.94. The zero-order valence-electron chi connectivity index (χ0n) is 10.9. The first-order chi connectivity index (χ1) is 9.16. The first kappa shape index (κ1) is 13.9. The molecule has 0 amide bonds. The maximum atomic E-state index is 6.03. The number of halogens is 1. The summed E-state index contributed by atoms with van der Waals surface area (Å²) in [5.74, 6) is 0.461. The summed E-state index contributed by atoms with van der Waals surface area (Å²) < 4.78 is 5.44. The summed E-state index contributed by atoms with van der Waals surface area (Å²) in [6.07, 6.45) is 4.26. The van der Waals surface area contributed by atoms with Crippen LogP contribution in [0.3, 0.4) is 0 Å². The van der Waals surface area contributed by atoms with Gasteiger partial charge in [0.25, 0.3) is 0 Å². The summed E-state index contributed by atoms with van der Waals surface area (Å²) >= 11 is 6.03. The minimum atomic E-state index is 0.252. The van der Waals surface area contributed by atoms with Crippen molar-refractivity contribution in [1.29, 1.82) is 0 Å². The summed E-state index contributed by atoms with van der Waals surface area (Å²) in [5.41, 5.74) is 1.00. The van der Waals surface area contributed by atoms with E-state index >= 15 is 0 Å². The second-order valence-electron chi connectivity index (χ2n) is 4.27. The molecule has 2 rings (SSSR count). The third-order valence-corrected chi connectivity index (χ3v) is 2.61. The molecule has 0 aliphatic carbocycles. The molecule has 6 nitrogen and oxygen atoms in total. The van der Waals surface area contributed by atoms with Crippen molar-refractivity contribution in [2.45, 2.75) is 26.4 Å². The predicted molar refractivity (Wildman–Crippen MR) is 74.3 cm³/mol. The fourth-order valence-corrected chi connectivity index (χ4v) is 1.71. The maximum Gasteiger partial charge on any atom is 0.226 e. The molecule has 0 aliphatic rings. The van der Waals surface area contributed by atoms with Gasteiger partial charge in [-0.2, -0.15) is 9.97 Å². The van der Waals surface area contributed by atoms with Crippen molar-refractivity contribution in [2.24, 2.45) is 0 Å². The van der Waals surface area contributed by atoms with E-state index in [1.54, 1.807) is 12.4 Å². The molecule has 0 unspecified atom stereocenters. The van der Waals surface area contributed by atoms with E-state index in [0.29, 0.717) is 28.9 Å². The van der Waals surface area contributed by atoms with Gasteiger partial charge in [-0.05, 0) is 20.3 Å². The summed E-state index contributed by atoms with van der Waals surface area (Å²) in [4.78, 5) is 16.6. The van der Waals surface area contributed by atoms with Gasteiger partial charge >= 0.3 is 0 Å². The number of rotatable bonds is 6. The second kappa shape index (κ2) is 6.58. The molecule has 7 heteroatoms. The van der Waals surface area contributed by atoms with Crippen molar-refractivity contribution < 1.29 is 4.74 Å². The van der Waals surface area contributed by atoms with Gasteiger partial charge in [-0.15, -0.1) is 0 Å². The Hall–Kier alpha value is -1.53. The quantitative estimate of drug-likeness (QED) is 0.647. The molecule has 0 radical (unpaired) electrons. The van der Waals surface area contributed by atoms with Crippen molar-refractivity contribution in [3.8, 4) is 0 Å². The monoisotopic (exact) mass is 281 g/mol. The Labute approximate surface area is 116 Å². The third kappa shape index (κ3) is 3.97. The minimum Gasteiger partial charge on any atom is -0.379 e. The van der Waals surface area contributed by atoms with E-state index in [1.807, 2.05) is 13.8 Å². The molecule has 1 N–H and O–H groups in total. The topological polar surface area (TPSA) is 72.8 Å². The van der Waals surface area contributed by atoms with E-state index in [4.69, 9.17) is 16.3 Å². The van der Waals surface area contributed by atoms with Crippen LogP contribution in [0.5, 0.6) is 0 Å². The molecule has 0 aliphatic heterocycles. The lowest BCUT2D eigenvalue weighted by Gasteiger charge is -2.08. The standard InChI is InChI=1S/C12H16ClN5O/c1-8(2)19-7-3-4-16-12-17-10(13)9-11(18-12)15-6-5-14-9/h5-6,8H,3-4,7H2,1-2H3,(H,15,16,17,18). The number of anilines is 1. The number of hydrogen-bond donors (Lipinski definition) is 1.